The Labute approximate surface area is 162 Å². The average molecular weight is 392 g/mol. The molecule has 2 aliphatic rings. The molecule has 0 bridgehead atoms. The maximum absolute atomic E-state index is 12.0. The molecule has 146 valence electrons. The van der Waals surface area contributed by atoms with Gasteiger partial charge in [-0.1, -0.05) is 25.7 Å². The molecule has 0 aromatic heterocycles. The van der Waals surface area contributed by atoms with E-state index in [1.54, 1.807) is 0 Å². The van der Waals surface area contributed by atoms with Crippen LogP contribution in [0.4, 0.5) is 0 Å². The molecule has 1 aliphatic heterocycles. The van der Waals surface area contributed by atoms with E-state index in [0.29, 0.717) is 24.1 Å². The van der Waals surface area contributed by atoms with Gasteiger partial charge in [-0.25, -0.2) is 0 Å². The Morgan fingerprint density at radius 1 is 0.880 bits per heavy atom. The molecule has 7 heteroatoms. The van der Waals surface area contributed by atoms with E-state index in [1.165, 1.54) is 56.7 Å². The maximum Gasteiger partial charge on any atom is 0.232 e. The molecule has 1 saturated carbocycles. The van der Waals surface area contributed by atoms with Crippen LogP contribution in [0.3, 0.4) is 0 Å². The molecular weight excluding hydrogens is 358 g/mol. The molecule has 2 rings (SSSR count). The summed E-state index contributed by atoms with van der Waals surface area (Å²) in [5.41, 5.74) is 0. The number of carbonyl (C=O) groups excluding carboxylic acids is 2. The number of amides is 2. The molecule has 0 unspecified atom stereocenters. The lowest BCUT2D eigenvalue weighted by Gasteiger charge is -2.26. The summed E-state index contributed by atoms with van der Waals surface area (Å²) in [6, 6.07) is 0.626. The Morgan fingerprint density at radius 3 is 2.20 bits per heavy atom. The van der Waals surface area contributed by atoms with Crippen molar-refractivity contribution in [2.45, 2.75) is 63.8 Å². The van der Waals surface area contributed by atoms with E-state index in [9.17, 15) is 9.59 Å². The third-order valence-corrected chi connectivity index (χ3v) is 5.82. The van der Waals surface area contributed by atoms with Crippen LogP contribution in [0.25, 0.3) is 0 Å². The lowest BCUT2D eigenvalue weighted by Crippen LogP contribution is -2.38. The smallest absolute Gasteiger partial charge is 0.232 e. The zero-order chi connectivity index (χ0) is 17.0. The minimum absolute atomic E-state index is 0. The lowest BCUT2D eigenvalue weighted by molar-refractivity contribution is -0.129. The van der Waals surface area contributed by atoms with Gasteiger partial charge in [-0.3, -0.25) is 9.59 Å². The van der Waals surface area contributed by atoms with Crippen LogP contribution >= 0.6 is 24.2 Å². The number of halogens is 1. The van der Waals surface area contributed by atoms with Gasteiger partial charge >= 0.3 is 0 Å². The molecule has 0 aromatic carbocycles. The van der Waals surface area contributed by atoms with Gasteiger partial charge in [0.15, 0.2) is 0 Å². The summed E-state index contributed by atoms with van der Waals surface area (Å²) in [7, 11) is 0. The van der Waals surface area contributed by atoms with E-state index < -0.39 is 0 Å². The zero-order valence-electron chi connectivity index (χ0n) is 15.3. The van der Waals surface area contributed by atoms with Crippen LogP contribution in [0.2, 0.25) is 0 Å². The first-order valence-electron chi connectivity index (χ1n) is 9.61. The number of nitrogens with zero attached hydrogens (tertiary/aromatic N) is 1. The van der Waals surface area contributed by atoms with Crippen molar-refractivity contribution in [2.24, 2.45) is 0 Å². The topological polar surface area (TPSA) is 61.4 Å². The van der Waals surface area contributed by atoms with Gasteiger partial charge in [0, 0.05) is 32.2 Å². The van der Waals surface area contributed by atoms with Crippen LogP contribution in [-0.2, 0) is 9.59 Å². The maximum atomic E-state index is 12.0. The monoisotopic (exact) mass is 391 g/mol. The van der Waals surface area contributed by atoms with E-state index in [0.717, 1.165) is 32.5 Å². The van der Waals surface area contributed by atoms with Gasteiger partial charge in [0.25, 0.3) is 0 Å². The summed E-state index contributed by atoms with van der Waals surface area (Å²) >= 11 is 1.43. The average Bonchev–Trinajstić information content (AvgIpc) is 2.88. The molecule has 0 spiro atoms. The molecule has 0 atom stereocenters. The second kappa shape index (κ2) is 13.7. The van der Waals surface area contributed by atoms with E-state index in [-0.39, 0.29) is 24.2 Å². The summed E-state index contributed by atoms with van der Waals surface area (Å²) < 4.78 is 0. The second-order valence-electron chi connectivity index (χ2n) is 6.93. The number of likely N-dealkylation sites (tertiary alicyclic amines) is 1. The Balaban J connectivity index is 0.00000312. The number of carbonyl (C=O) groups is 2. The van der Waals surface area contributed by atoms with Crippen LogP contribution in [-0.4, -0.2) is 60.4 Å². The first-order chi connectivity index (χ1) is 11.8. The van der Waals surface area contributed by atoms with Crippen molar-refractivity contribution in [3.63, 3.8) is 0 Å². The molecule has 0 radical (unpaired) electrons. The largest absolute Gasteiger partial charge is 0.354 e. The third-order valence-electron chi connectivity index (χ3n) is 4.90. The molecule has 2 N–H and O–H groups in total. The van der Waals surface area contributed by atoms with E-state index >= 15 is 0 Å². The van der Waals surface area contributed by atoms with Gasteiger partial charge in [0.1, 0.15) is 0 Å². The van der Waals surface area contributed by atoms with E-state index in [4.69, 9.17) is 0 Å². The van der Waals surface area contributed by atoms with Gasteiger partial charge in [-0.2, -0.15) is 0 Å². The minimum atomic E-state index is 0. The Hall–Kier alpha value is -0.460. The minimum Gasteiger partial charge on any atom is -0.354 e. The van der Waals surface area contributed by atoms with Gasteiger partial charge in [0.2, 0.25) is 11.8 Å². The van der Waals surface area contributed by atoms with Crippen molar-refractivity contribution in [1.29, 1.82) is 0 Å². The summed E-state index contributed by atoms with van der Waals surface area (Å²) in [6.45, 7) is 3.29. The second-order valence-corrected chi connectivity index (χ2v) is 7.91. The van der Waals surface area contributed by atoms with E-state index in [2.05, 4.69) is 10.6 Å². The number of thioether (sulfide) groups is 1. The quantitative estimate of drug-likeness (QED) is 0.493. The fourth-order valence-corrected chi connectivity index (χ4v) is 4.23. The lowest BCUT2D eigenvalue weighted by atomic mass is 10.1. The first-order valence-corrected chi connectivity index (χ1v) is 10.8. The standard InChI is InChI=1S/C18H33N3O2S.ClH/c22-17(14-24-15-18(23)21-12-6-3-7-13-21)20-11-10-19-16-8-4-1-2-5-9-16;/h16,19H,1-15H2,(H,20,22);1H. The van der Waals surface area contributed by atoms with E-state index in [1.807, 2.05) is 4.90 Å². The highest BCUT2D eigenvalue weighted by Crippen LogP contribution is 2.16. The Morgan fingerprint density at radius 2 is 1.52 bits per heavy atom. The van der Waals surface area contributed by atoms with Crippen LogP contribution in [0, 0.1) is 0 Å². The number of piperidine rings is 1. The Kier molecular flexibility index (Phi) is 12.4. The van der Waals surface area contributed by atoms with Crippen molar-refractivity contribution in [3.05, 3.63) is 0 Å². The number of rotatable bonds is 8. The summed E-state index contributed by atoms with van der Waals surface area (Å²) in [5, 5.41) is 6.50. The molecule has 1 saturated heterocycles. The highest BCUT2D eigenvalue weighted by molar-refractivity contribution is 8.00. The molecular formula is C18H34ClN3O2S. The van der Waals surface area contributed by atoms with Crippen molar-refractivity contribution in [2.75, 3.05) is 37.7 Å². The van der Waals surface area contributed by atoms with Gasteiger partial charge in [-0.15, -0.1) is 24.2 Å². The van der Waals surface area contributed by atoms with Crippen LogP contribution in [0.5, 0.6) is 0 Å². The van der Waals surface area contributed by atoms with Crippen molar-refractivity contribution < 1.29 is 9.59 Å². The van der Waals surface area contributed by atoms with Gasteiger partial charge in [0.05, 0.1) is 11.5 Å². The predicted molar refractivity (Wildman–Crippen MR) is 108 cm³/mol. The normalized spacial score (nSPS) is 19.0. The number of hydrogen-bond acceptors (Lipinski definition) is 4. The van der Waals surface area contributed by atoms with Gasteiger partial charge in [-0.05, 0) is 32.1 Å². The molecule has 25 heavy (non-hydrogen) atoms. The van der Waals surface area contributed by atoms with Crippen LogP contribution < -0.4 is 10.6 Å². The summed E-state index contributed by atoms with van der Waals surface area (Å²) in [6.07, 6.45) is 11.4. The summed E-state index contributed by atoms with van der Waals surface area (Å²) in [5.74, 6) is 1.02. The van der Waals surface area contributed by atoms with Crippen LogP contribution in [0.15, 0.2) is 0 Å². The fourth-order valence-electron chi connectivity index (χ4n) is 3.48. The van der Waals surface area contributed by atoms with Crippen molar-refractivity contribution >= 4 is 36.0 Å². The molecule has 2 fully saturated rings. The molecule has 0 aromatic rings. The molecule has 2 amide bonds. The number of nitrogens with one attached hydrogen (secondary N) is 2. The predicted octanol–water partition coefficient (Wildman–Crippen LogP) is 2.58. The van der Waals surface area contributed by atoms with Crippen LogP contribution in [0.1, 0.15) is 57.8 Å². The molecule has 1 aliphatic carbocycles. The summed E-state index contributed by atoms with van der Waals surface area (Å²) in [4.78, 5) is 25.8. The highest BCUT2D eigenvalue weighted by atomic mass is 35.5. The molecule has 5 nitrogen and oxygen atoms in total. The number of hydrogen-bond donors (Lipinski definition) is 2. The van der Waals surface area contributed by atoms with Crippen molar-refractivity contribution in [1.82, 2.24) is 15.5 Å². The van der Waals surface area contributed by atoms with Gasteiger partial charge < -0.3 is 15.5 Å². The zero-order valence-corrected chi connectivity index (χ0v) is 16.9. The fraction of sp³-hybridized carbons (Fsp3) is 0.889. The SMILES string of the molecule is Cl.O=C(CSCC(=O)N1CCCCC1)NCCNC1CCCCCC1. The van der Waals surface area contributed by atoms with Crippen molar-refractivity contribution in [3.8, 4) is 0 Å². The first kappa shape index (κ1) is 22.6. The Bertz CT molecular complexity index is 385. The highest BCUT2D eigenvalue weighted by Gasteiger charge is 2.16. The third kappa shape index (κ3) is 9.71. The molecule has 1 heterocycles.